The van der Waals surface area contributed by atoms with Gasteiger partial charge in [0.25, 0.3) is 0 Å². The van der Waals surface area contributed by atoms with Gasteiger partial charge in [-0.25, -0.2) is 0 Å². The summed E-state index contributed by atoms with van der Waals surface area (Å²) in [6.07, 6.45) is 1.80. The predicted octanol–water partition coefficient (Wildman–Crippen LogP) is 4.26. The lowest BCUT2D eigenvalue weighted by Crippen LogP contribution is -2.09. The van der Waals surface area contributed by atoms with Crippen LogP contribution in [0.4, 0.5) is 0 Å². The topological polar surface area (TPSA) is 79.2 Å². The lowest BCUT2D eigenvalue weighted by atomic mass is 9.82. The highest BCUT2D eigenvalue weighted by Gasteiger charge is 2.22. The largest absolute Gasteiger partial charge is 0.468 e. The number of hydrogen-bond donors (Lipinski definition) is 0. The van der Waals surface area contributed by atoms with Gasteiger partial charge >= 0.3 is 0 Å². The van der Waals surface area contributed by atoms with Crippen LogP contribution in [-0.2, 0) is 18.9 Å². The van der Waals surface area contributed by atoms with E-state index >= 15 is 0 Å². The second-order valence-electron chi connectivity index (χ2n) is 6.83. The van der Waals surface area contributed by atoms with Crippen LogP contribution < -0.4 is 9.47 Å². The van der Waals surface area contributed by atoms with Crippen LogP contribution in [0.2, 0.25) is 0 Å². The van der Waals surface area contributed by atoms with E-state index in [1.165, 1.54) is 0 Å². The van der Waals surface area contributed by atoms with Crippen LogP contribution in [0.3, 0.4) is 0 Å². The van der Waals surface area contributed by atoms with Crippen molar-refractivity contribution >= 4 is 0 Å². The summed E-state index contributed by atoms with van der Waals surface area (Å²) >= 11 is 0. The standard InChI is InChI=1S/C25H31NO6/c1-4-24(20-5-9-22(10-6-20)31-18-29-15-13-27-2)25(17-26)21-7-11-23(12-8-21)32-19-30-16-14-28-3/h4-12,24-25H,1,13-16,18-19H2,2-3H3/t24-,25+/m0/s1. The molecule has 2 aromatic rings. The summed E-state index contributed by atoms with van der Waals surface area (Å²) in [7, 11) is 3.24. The zero-order chi connectivity index (χ0) is 23.0. The number of rotatable bonds is 16. The first kappa shape index (κ1) is 25.4. The maximum absolute atomic E-state index is 9.86. The molecule has 172 valence electrons. The van der Waals surface area contributed by atoms with E-state index < -0.39 is 0 Å². The van der Waals surface area contributed by atoms with Crippen molar-refractivity contribution < 1.29 is 28.4 Å². The van der Waals surface area contributed by atoms with Crippen molar-refractivity contribution in [3.8, 4) is 17.6 Å². The minimum atomic E-state index is -0.386. The normalized spacial score (nSPS) is 12.5. The van der Waals surface area contributed by atoms with E-state index in [1.807, 2.05) is 48.5 Å². The Morgan fingerprint density at radius 1 is 0.781 bits per heavy atom. The van der Waals surface area contributed by atoms with Crippen molar-refractivity contribution in [3.63, 3.8) is 0 Å². The summed E-state index contributed by atoms with van der Waals surface area (Å²) in [5.41, 5.74) is 1.86. The number of nitriles is 1. The van der Waals surface area contributed by atoms with E-state index in [2.05, 4.69) is 12.6 Å². The molecule has 0 aliphatic carbocycles. The summed E-state index contributed by atoms with van der Waals surface area (Å²) in [6.45, 7) is 6.23. The summed E-state index contributed by atoms with van der Waals surface area (Å²) < 4.78 is 31.6. The van der Waals surface area contributed by atoms with Crippen LogP contribution in [0.15, 0.2) is 61.2 Å². The second kappa shape index (κ2) is 15.0. The van der Waals surface area contributed by atoms with E-state index in [-0.39, 0.29) is 25.4 Å². The highest BCUT2D eigenvalue weighted by atomic mass is 16.7. The number of allylic oxidation sites excluding steroid dienone is 1. The molecule has 0 amide bonds. The lowest BCUT2D eigenvalue weighted by molar-refractivity contribution is -0.00858. The lowest BCUT2D eigenvalue weighted by Gasteiger charge is -2.20. The maximum atomic E-state index is 9.86. The van der Waals surface area contributed by atoms with Gasteiger partial charge in [0.15, 0.2) is 13.6 Å². The second-order valence-corrected chi connectivity index (χ2v) is 6.83. The Balaban J connectivity index is 1.96. The van der Waals surface area contributed by atoms with Crippen molar-refractivity contribution in [3.05, 3.63) is 72.3 Å². The minimum Gasteiger partial charge on any atom is -0.468 e. The number of nitrogens with zero attached hydrogens (tertiary/aromatic N) is 1. The molecule has 2 rings (SSSR count). The monoisotopic (exact) mass is 441 g/mol. The first-order chi connectivity index (χ1) is 15.7. The van der Waals surface area contributed by atoms with Gasteiger partial charge in [-0.2, -0.15) is 5.26 Å². The molecule has 7 heteroatoms. The molecule has 2 aromatic carbocycles. The highest BCUT2D eigenvalue weighted by molar-refractivity contribution is 5.40. The Bertz CT molecular complexity index is 816. The SMILES string of the molecule is C=C[C@@H](c1ccc(OCOCCOC)cc1)[C@H](C#N)c1ccc(OCOCCOC)cc1. The average molecular weight is 442 g/mol. The van der Waals surface area contributed by atoms with E-state index in [1.54, 1.807) is 20.3 Å². The molecule has 0 aliphatic heterocycles. The summed E-state index contributed by atoms with van der Waals surface area (Å²) in [6, 6.07) is 17.5. The molecular formula is C25H31NO6. The molecule has 0 N–H and O–H groups in total. The highest BCUT2D eigenvalue weighted by Crippen LogP contribution is 2.35. The van der Waals surface area contributed by atoms with Crippen molar-refractivity contribution in [2.24, 2.45) is 0 Å². The molecule has 0 saturated heterocycles. The van der Waals surface area contributed by atoms with Gasteiger partial charge in [0.05, 0.1) is 38.4 Å². The van der Waals surface area contributed by atoms with E-state index in [0.717, 1.165) is 11.1 Å². The fourth-order valence-electron chi connectivity index (χ4n) is 3.01. The summed E-state index contributed by atoms with van der Waals surface area (Å²) in [5, 5.41) is 9.86. The molecule has 0 aromatic heterocycles. The Labute approximate surface area is 190 Å². The van der Waals surface area contributed by atoms with Crippen LogP contribution in [0.5, 0.6) is 11.5 Å². The molecule has 0 spiro atoms. The van der Waals surface area contributed by atoms with Crippen molar-refractivity contribution in [1.29, 1.82) is 5.26 Å². The first-order valence-corrected chi connectivity index (χ1v) is 10.3. The summed E-state index contributed by atoms with van der Waals surface area (Å²) in [4.78, 5) is 0. The third kappa shape index (κ3) is 8.33. The van der Waals surface area contributed by atoms with E-state index in [4.69, 9.17) is 28.4 Å². The smallest absolute Gasteiger partial charge is 0.189 e. The fourth-order valence-corrected chi connectivity index (χ4v) is 3.01. The maximum Gasteiger partial charge on any atom is 0.189 e. The number of methoxy groups -OCH3 is 2. The number of hydrogen-bond acceptors (Lipinski definition) is 7. The third-order valence-corrected chi connectivity index (χ3v) is 4.74. The number of ether oxygens (including phenoxy) is 6. The van der Waals surface area contributed by atoms with Crippen molar-refractivity contribution in [2.45, 2.75) is 11.8 Å². The number of benzene rings is 2. The Morgan fingerprint density at radius 3 is 1.66 bits per heavy atom. The Hall–Kier alpha value is -2.89. The van der Waals surface area contributed by atoms with Gasteiger partial charge in [-0.05, 0) is 35.4 Å². The molecule has 2 atom stereocenters. The zero-order valence-electron chi connectivity index (χ0n) is 18.7. The predicted molar refractivity (Wildman–Crippen MR) is 121 cm³/mol. The van der Waals surface area contributed by atoms with Gasteiger partial charge in [-0.3, -0.25) is 0 Å². The summed E-state index contributed by atoms with van der Waals surface area (Å²) in [5.74, 6) is 0.809. The van der Waals surface area contributed by atoms with Gasteiger partial charge in [0.2, 0.25) is 0 Å². The van der Waals surface area contributed by atoms with Crippen LogP contribution in [0.25, 0.3) is 0 Å². The Morgan fingerprint density at radius 2 is 1.25 bits per heavy atom. The molecule has 0 aliphatic rings. The molecule has 7 nitrogen and oxygen atoms in total. The van der Waals surface area contributed by atoms with Crippen LogP contribution in [-0.4, -0.2) is 54.2 Å². The third-order valence-electron chi connectivity index (χ3n) is 4.74. The van der Waals surface area contributed by atoms with E-state index in [0.29, 0.717) is 37.9 Å². The van der Waals surface area contributed by atoms with Crippen molar-refractivity contribution in [1.82, 2.24) is 0 Å². The van der Waals surface area contributed by atoms with Crippen LogP contribution >= 0.6 is 0 Å². The Kier molecular flexibility index (Phi) is 11.9. The van der Waals surface area contributed by atoms with Gasteiger partial charge in [-0.1, -0.05) is 30.3 Å². The molecule has 32 heavy (non-hydrogen) atoms. The average Bonchev–Trinajstić information content (AvgIpc) is 2.83. The molecule has 0 fully saturated rings. The first-order valence-electron chi connectivity index (χ1n) is 10.3. The van der Waals surface area contributed by atoms with Crippen LogP contribution in [0.1, 0.15) is 23.0 Å². The van der Waals surface area contributed by atoms with Crippen molar-refractivity contribution in [2.75, 3.05) is 54.2 Å². The minimum absolute atomic E-state index is 0.144. The molecule has 0 radical (unpaired) electrons. The fraction of sp³-hybridized carbons (Fsp3) is 0.400. The van der Waals surface area contributed by atoms with Gasteiger partial charge in [0.1, 0.15) is 11.5 Å². The van der Waals surface area contributed by atoms with Gasteiger partial charge < -0.3 is 28.4 Å². The zero-order valence-corrected chi connectivity index (χ0v) is 18.7. The van der Waals surface area contributed by atoms with Gasteiger partial charge in [0, 0.05) is 20.1 Å². The van der Waals surface area contributed by atoms with E-state index in [9.17, 15) is 5.26 Å². The van der Waals surface area contributed by atoms with Crippen LogP contribution in [0, 0.1) is 11.3 Å². The molecule has 0 unspecified atom stereocenters. The molecular weight excluding hydrogens is 410 g/mol. The molecule has 0 bridgehead atoms. The quantitative estimate of drug-likeness (QED) is 0.219. The van der Waals surface area contributed by atoms with Gasteiger partial charge in [-0.15, -0.1) is 6.58 Å². The molecule has 0 saturated carbocycles. The molecule has 0 heterocycles.